The van der Waals surface area contributed by atoms with Crippen LogP contribution in [0.3, 0.4) is 0 Å². The Morgan fingerprint density at radius 3 is 1.96 bits per heavy atom. The van der Waals surface area contributed by atoms with E-state index in [2.05, 4.69) is 9.78 Å². The van der Waals surface area contributed by atoms with Gasteiger partial charge in [-0.3, -0.25) is 29.1 Å². The number of hydrogen-bond acceptors (Lipinski definition) is 12. The molecule has 4 fully saturated rings. The molecule has 14 nitrogen and oxygen atoms in total. The summed E-state index contributed by atoms with van der Waals surface area (Å²) in [6.07, 6.45) is 7.16. The quantitative estimate of drug-likeness (QED) is 0.111. The summed E-state index contributed by atoms with van der Waals surface area (Å²) in [5.74, 6) is -4.65. The number of esters is 1. The van der Waals surface area contributed by atoms with Gasteiger partial charge in [0.1, 0.15) is 6.10 Å². The molecule has 0 heterocycles. The van der Waals surface area contributed by atoms with Gasteiger partial charge in [-0.2, -0.15) is 0 Å². The lowest BCUT2D eigenvalue weighted by atomic mass is 9.74. The normalized spacial score (nSPS) is 36.6. The van der Waals surface area contributed by atoms with Crippen LogP contribution in [0.15, 0.2) is 0 Å². The van der Waals surface area contributed by atoms with E-state index in [1.54, 1.807) is 0 Å². The van der Waals surface area contributed by atoms with E-state index >= 15 is 0 Å². The third-order valence-electron chi connectivity index (χ3n) is 10.2. The SMILES string of the molecule is O=C(O)C1CCC(COOC2CCC(OS(=O)C3CCC(OC(=O)C4CCC(COO)CC4C(=O)O)CC3)CC2)C(COO)C1. The molecule has 7 unspecified atom stereocenters. The van der Waals surface area contributed by atoms with Gasteiger partial charge in [-0.15, -0.1) is 0 Å². The first kappa shape index (κ1) is 36.1. The molecule has 0 aromatic heterocycles. The lowest BCUT2D eigenvalue weighted by molar-refractivity contribution is -0.340. The summed E-state index contributed by atoms with van der Waals surface area (Å²) in [6.45, 7) is 0.392. The number of rotatable bonds is 15. The second-order valence-corrected chi connectivity index (χ2v) is 14.5. The maximum atomic E-state index is 13.0. The van der Waals surface area contributed by atoms with Crippen LogP contribution in [0.4, 0.5) is 0 Å². The van der Waals surface area contributed by atoms with Crippen LogP contribution >= 0.6 is 0 Å². The Balaban J connectivity index is 1.10. The molecular weight excluding hydrogens is 616 g/mol. The number of carboxylic acids is 2. The third kappa shape index (κ3) is 10.6. The number of carboxylic acid groups (broad SMARTS) is 2. The Bertz CT molecular complexity index is 980. The molecule has 7 atom stereocenters. The molecule has 0 aromatic carbocycles. The van der Waals surface area contributed by atoms with Crippen molar-refractivity contribution in [3.05, 3.63) is 0 Å². The van der Waals surface area contributed by atoms with Crippen LogP contribution in [0.2, 0.25) is 0 Å². The fourth-order valence-electron chi connectivity index (χ4n) is 7.39. The molecule has 258 valence electrons. The zero-order valence-corrected chi connectivity index (χ0v) is 26.4. The van der Waals surface area contributed by atoms with Crippen LogP contribution in [0.5, 0.6) is 0 Å². The maximum absolute atomic E-state index is 13.0. The van der Waals surface area contributed by atoms with Gasteiger partial charge in [0.25, 0.3) is 0 Å². The van der Waals surface area contributed by atoms with Gasteiger partial charge in [-0.05, 0) is 108 Å². The number of aliphatic carboxylic acids is 2. The molecule has 0 amide bonds. The molecule has 15 heteroatoms. The molecule has 4 aliphatic carbocycles. The molecule has 4 rings (SSSR count). The number of carbonyl (C=O) groups excluding carboxylic acids is 1. The molecule has 45 heavy (non-hydrogen) atoms. The number of hydrogen-bond donors (Lipinski definition) is 4. The van der Waals surface area contributed by atoms with Gasteiger partial charge in [0.2, 0.25) is 0 Å². The van der Waals surface area contributed by atoms with Gasteiger partial charge in [0.05, 0.1) is 55.0 Å². The first-order valence-electron chi connectivity index (χ1n) is 16.2. The molecule has 0 aliphatic heterocycles. The topological polar surface area (TPSA) is 205 Å². The summed E-state index contributed by atoms with van der Waals surface area (Å²) >= 11 is -1.48. The van der Waals surface area contributed by atoms with Gasteiger partial charge in [0, 0.05) is 0 Å². The van der Waals surface area contributed by atoms with E-state index in [0.717, 1.165) is 0 Å². The van der Waals surface area contributed by atoms with Crippen LogP contribution in [0, 0.1) is 35.5 Å². The van der Waals surface area contributed by atoms with Crippen molar-refractivity contribution in [1.82, 2.24) is 0 Å². The van der Waals surface area contributed by atoms with Crippen molar-refractivity contribution in [3.63, 3.8) is 0 Å². The predicted molar refractivity (Wildman–Crippen MR) is 156 cm³/mol. The van der Waals surface area contributed by atoms with Gasteiger partial charge in [-0.25, -0.2) is 23.8 Å². The summed E-state index contributed by atoms with van der Waals surface area (Å²) < 4.78 is 24.6. The van der Waals surface area contributed by atoms with E-state index < -0.39 is 46.7 Å². The Morgan fingerprint density at radius 2 is 1.31 bits per heavy atom. The van der Waals surface area contributed by atoms with E-state index in [1.165, 1.54) is 0 Å². The van der Waals surface area contributed by atoms with Crippen LogP contribution < -0.4 is 0 Å². The zero-order valence-electron chi connectivity index (χ0n) is 25.6. The Labute approximate surface area is 265 Å². The molecule has 0 radical (unpaired) electrons. The molecule has 0 bridgehead atoms. The molecular formula is C30H48O14S. The highest BCUT2D eigenvalue weighted by molar-refractivity contribution is 7.80. The van der Waals surface area contributed by atoms with Crippen molar-refractivity contribution >= 4 is 29.0 Å². The summed E-state index contributed by atoms with van der Waals surface area (Å²) in [4.78, 5) is 55.6. The van der Waals surface area contributed by atoms with Gasteiger partial charge >= 0.3 is 17.9 Å². The largest absolute Gasteiger partial charge is 0.481 e. The fraction of sp³-hybridized carbons (Fsp3) is 0.900. The predicted octanol–water partition coefficient (Wildman–Crippen LogP) is 3.99. The first-order chi connectivity index (χ1) is 21.7. The lowest BCUT2D eigenvalue weighted by Gasteiger charge is -2.34. The molecule has 4 aliphatic rings. The standard InChI is InChI=1S/C30H48O14S/c31-28(32)19-2-3-20(21(14-19)16-40-37)17-41-43-23-4-6-24(7-5-23)44-45(38)25-10-8-22(9-11-25)42-30(35)26-12-1-18(15-39-36)13-27(26)29(33)34/h18-27,36-37H,1-17H2,(H,31,32)(H,33,34). The summed E-state index contributed by atoms with van der Waals surface area (Å²) in [5, 5.41) is 36.4. The van der Waals surface area contributed by atoms with E-state index in [0.29, 0.717) is 90.1 Å². The highest BCUT2D eigenvalue weighted by atomic mass is 32.2. The highest BCUT2D eigenvalue weighted by Gasteiger charge is 2.42. The monoisotopic (exact) mass is 664 g/mol. The Kier molecular flexibility index (Phi) is 14.4. The highest BCUT2D eigenvalue weighted by Crippen LogP contribution is 2.37. The molecule has 4 saturated carbocycles. The summed E-state index contributed by atoms with van der Waals surface area (Å²) in [7, 11) is 0. The smallest absolute Gasteiger partial charge is 0.310 e. The second kappa shape index (κ2) is 18.0. The lowest BCUT2D eigenvalue weighted by Crippen LogP contribution is -2.39. The Hall–Kier alpha value is -1.72. The van der Waals surface area contributed by atoms with E-state index in [1.807, 2.05) is 0 Å². The van der Waals surface area contributed by atoms with Crippen molar-refractivity contribution in [1.29, 1.82) is 0 Å². The van der Waals surface area contributed by atoms with E-state index in [-0.39, 0.29) is 61.0 Å². The van der Waals surface area contributed by atoms with Crippen LogP contribution in [0.25, 0.3) is 0 Å². The van der Waals surface area contributed by atoms with Crippen LogP contribution in [-0.2, 0) is 53.9 Å². The minimum atomic E-state index is -1.48. The van der Waals surface area contributed by atoms with Crippen LogP contribution in [-0.4, -0.2) is 86.2 Å². The second-order valence-electron chi connectivity index (χ2n) is 13.2. The average Bonchev–Trinajstić information content (AvgIpc) is 3.03. The Morgan fingerprint density at radius 1 is 0.644 bits per heavy atom. The number of ether oxygens (including phenoxy) is 1. The van der Waals surface area contributed by atoms with Gasteiger partial charge in [0.15, 0.2) is 11.1 Å². The molecule has 0 saturated heterocycles. The third-order valence-corrected chi connectivity index (χ3v) is 11.7. The number of carbonyl (C=O) groups is 3. The van der Waals surface area contributed by atoms with Gasteiger partial charge in [-0.1, -0.05) is 0 Å². The van der Waals surface area contributed by atoms with Crippen molar-refractivity contribution < 1.29 is 67.8 Å². The van der Waals surface area contributed by atoms with Gasteiger partial charge < -0.3 is 14.9 Å². The first-order valence-corrected chi connectivity index (χ1v) is 17.4. The summed E-state index contributed by atoms with van der Waals surface area (Å²) in [5.41, 5.74) is 0. The van der Waals surface area contributed by atoms with Crippen molar-refractivity contribution in [3.8, 4) is 0 Å². The summed E-state index contributed by atoms with van der Waals surface area (Å²) in [6, 6.07) is 0. The average molecular weight is 665 g/mol. The minimum Gasteiger partial charge on any atom is -0.481 e. The maximum Gasteiger partial charge on any atom is 0.310 e. The molecule has 4 N–H and O–H groups in total. The van der Waals surface area contributed by atoms with Crippen LogP contribution in [0.1, 0.15) is 89.9 Å². The molecule has 0 spiro atoms. The fourth-order valence-corrected chi connectivity index (χ4v) is 8.67. The van der Waals surface area contributed by atoms with Crippen molar-refractivity contribution in [2.24, 2.45) is 35.5 Å². The minimum absolute atomic E-state index is 0.0306. The molecule has 0 aromatic rings. The van der Waals surface area contributed by atoms with Crippen molar-refractivity contribution in [2.45, 2.75) is 113 Å². The van der Waals surface area contributed by atoms with E-state index in [4.69, 9.17) is 29.2 Å². The van der Waals surface area contributed by atoms with E-state index in [9.17, 15) is 28.8 Å². The van der Waals surface area contributed by atoms with Crippen molar-refractivity contribution in [2.75, 3.05) is 19.8 Å². The zero-order chi connectivity index (χ0) is 32.3.